The zero-order valence-corrected chi connectivity index (χ0v) is 13.9. The first-order chi connectivity index (χ1) is 10.1. The summed E-state index contributed by atoms with van der Waals surface area (Å²) in [6.45, 7) is 8.97. The third kappa shape index (κ3) is 4.08. The molecule has 0 unspecified atom stereocenters. The summed E-state index contributed by atoms with van der Waals surface area (Å²) in [6.07, 6.45) is 3.59. The van der Waals surface area contributed by atoms with Crippen molar-refractivity contribution in [2.24, 2.45) is 5.92 Å². The number of anilines is 1. The van der Waals surface area contributed by atoms with Gasteiger partial charge in [0.1, 0.15) is 5.82 Å². The second-order valence-electron chi connectivity index (χ2n) is 7.00. The fraction of sp³-hybridized carbons (Fsp3) is 0.625. The molecule has 0 aromatic carbocycles. The Bertz CT molecular complexity index is 563. The normalized spacial score (nSPS) is 15.5. The maximum atomic E-state index is 11.8. The van der Waals surface area contributed by atoms with Gasteiger partial charge in [0.15, 0.2) is 0 Å². The predicted octanol–water partition coefficient (Wildman–Crippen LogP) is 1.55. The number of aryl methyl sites for hydroxylation is 1. The number of nitrogens with one attached hydrogen (secondary N) is 1. The molecule has 22 heavy (non-hydrogen) atoms. The Kier molecular flexibility index (Phi) is 4.63. The lowest BCUT2D eigenvalue weighted by Gasteiger charge is -2.37. The number of rotatable bonds is 6. The number of aliphatic hydroxyl groups is 1. The van der Waals surface area contributed by atoms with Gasteiger partial charge >= 0.3 is 7.48 Å². The highest BCUT2D eigenvalue weighted by molar-refractivity contribution is 6.47. The molecule has 1 heterocycles. The summed E-state index contributed by atoms with van der Waals surface area (Å²) in [4.78, 5) is 16.1. The third-order valence-electron chi connectivity index (χ3n) is 4.25. The van der Waals surface area contributed by atoms with E-state index in [2.05, 4.69) is 10.3 Å². The van der Waals surface area contributed by atoms with E-state index in [1.165, 1.54) is 0 Å². The second kappa shape index (κ2) is 6.01. The molecule has 2 N–H and O–H groups in total. The van der Waals surface area contributed by atoms with Crippen LogP contribution < -0.4 is 10.8 Å². The average molecular weight is 303 g/mol. The van der Waals surface area contributed by atoms with Gasteiger partial charge in [0.2, 0.25) is 5.91 Å². The van der Waals surface area contributed by atoms with Gasteiger partial charge in [-0.15, -0.1) is 0 Å². The highest BCUT2D eigenvalue weighted by Gasteiger charge is 2.35. The van der Waals surface area contributed by atoms with Gasteiger partial charge in [-0.2, -0.15) is 0 Å². The molecule has 1 fully saturated rings. The Morgan fingerprint density at radius 2 is 2.05 bits per heavy atom. The van der Waals surface area contributed by atoms with Crippen LogP contribution in [0.25, 0.3) is 0 Å². The van der Waals surface area contributed by atoms with Crippen LogP contribution in [0, 0.1) is 12.8 Å². The van der Waals surface area contributed by atoms with Crippen LogP contribution in [0.5, 0.6) is 0 Å². The Morgan fingerprint density at radius 1 is 1.41 bits per heavy atom. The van der Waals surface area contributed by atoms with Crippen molar-refractivity contribution in [3.05, 3.63) is 17.8 Å². The number of carbonyl (C=O) groups is 1. The predicted molar refractivity (Wildman–Crippen MR) is 87.2 cm³/mol. The Hall–Kier alpha value is -1.40. The number of carbonyl (C=O) groups excluding carboxylic acids is 1. The first-order valence-electron chi connectivity index (χ1n) is 7.61. The van der Waals surface area contributed by atoms with Crippen LogP contribution in [0.15, 0.2) is 12.3 Å². The molecule has 0 saturated heterocycles. The number of amides is 1. The summed E-state index contributed by atoms with van der Waals surface area (Å²) in [5.41, 5.74) is -0.0177. The maximum absolute atomic E-state index is 11.8. The smallest absolute Gasteiger partial charge is 0.332 e. The number of hydrogen-bond donors (Lipinski definition) is 2. The molecule has 1 aromatic heterocycles. The van der Waals surface area contributed by atoms with Gasteiger partial charge in [0, 0.05) is 12.1 Å². The molecule has 0 bridgehead atoms. The first kappa shape index (κ1) is 17.0. The van der Waals surface area contributed by atoms with Crippen molar-refractivity contribution in [3.63, 3.8) is 0 Å². The molecule has 5 nitrogen and oxygen atoms in total. The molecule has 2 rings (SSSR count). The summed E-state index contributed by atoms with van der Waals surface area (Å²) in [6, 6.07) is 1.90. The first-order valence-corrected chi connectivity index (χ1v) is 7.61. The van der Waals surface area contributed by atoms with Gasteiger partial charge in [-0.1, -0.05) is 6.07 Å². The van der Waals surface area contributed by atoms with E-state index in [0.29, 0.717) is 5.82 Å². The van der Waals surface area contributed by atoms with Crippen LogP contribution in [0.2, 0.25) is 0 Å². The van der Waals surface area contributed by atoms with Gasteiger partial charge < -0.3 is 15.1 Å². The molecule has 1 saturated carbocycles. The molecule has 1 aliphatic rings. The summed E-state index contributed by atoms with van der Waals surface area (Å²) >= 11 is 0. The minimum absolute atomic E-state index is 0.0479. The molecule has 0 atom stereocenters. The monoisotopic (exact) mass is 303 g/mol. The van der Waals surface area contributed by atoms with Crippen molar-refractivity contribution in [3.8, 4) is 0 Å². The molecule has 1 amide bonds. The third-order valence-corrected chi connectivity index (χ3v) is 4.25. The fourth-order valence-corrected chi connectivity index (χ4v) is 1.72. The van der Waals surface area contributed by atoms with E-state index in [1.807, 2.05) is 26.8 Å². The molecular weight excluding hydrogens is 279 g/mol. The molecule has 0 aliphatic heterocycles. The van der Waals surface area contributed by atoms with Crippen molar-refractivity contribution in [2.45, 2.75) is 58.7 Å². The number of pyridine rings is 1. The lowest BCUT2D eigenvalue weighted by Crippen LogP contribution is -2.49. The summed E-state index contributed by atoms with van der Waals surface area (Å²) in [5, 5.41) is 12.9. The number of aromatic nitrogens is 1. The van der Waals surface area contributed by atoms with Crippen molar-refractivity contribution in [1.29, 1.82) is 0 Å². The van der Waals surface area contributed by atoms with E-state index in [-0.39, 0.29) is 11.8 Å². The Morgan fingerprint density at radius 3 is 2.55 bits per heavy atom. The highest BCUT2D eigenvalue weighted by atomic mass is 16.5. The topological polar surface area (TPSA) is 71.5 Å². The summed E-state index contributed by atoms with van der Waals surface area (Å²) < 4.78 is 5.70. The molecular formula is C16H24BN2O3. The number of hydrogen-bond acceptors (Lipinski definition) is 4. The quantitative estimate of drug-likeness (QED) is 0.782. The Labute approximate surface area is 132 Å². The van der Waals surface area contributed by atoms with Gasteiger partial charge in [0.05, 0.1) is 11.2 Å². The van der Waals surface area contributed by atoms with Crippen LogP contribution in [-0.4, -0.2) is 34.7 Å². The minimum atomic E-state index is -0.968. The van der Waals surface area contributed by atoms with E-state index in [0.717, 1.165) is 23.9 Å². The van der Waals surface area contributed by atoms with E-state index in [4.69, 9.17) is 4.65 Å². The van der Waals surface area contributed by atoms with Crippen LogP contribution in [-0.2, 0) is 9.45 Å². The molecule has 1 aliphatic carbocycles. The highest BCUT2D eigenvalue weighted by Crippen LogP contribution is 2.30. The molecule has 1 radical (unpaired) electrons. The van der Waals surface area contributed by atoms with Gasteiger partial charge in [0.25, 0.3) is 0 Å². The fourth-order valence-electron chi connectivity index (χ4n) is 1.72. The minimum Gasteiger partial charge on any atom is -0.427 e. The SMILES string of the molecule is Cc1cc([B]OC(C)(C)C(C)(C)O)cnc1NC(=O)C1CC1. The molecule has 6 heteroatoms. The second-order valence-corrected chi connectivity index (χ2v) is 7.00. The van der Waals surface area contributed by atoms with E-state index < -0.39 is 11.2 Å². The van der Waals surface area contributed by atoms with Gasteiger partial charge in [-0.05, 0) is 58.5 Å². The molecule has 0 spiro atoms. The van der Waals surface area contributed by atoms with Gasteiger partial charge in [-0.3, -0.25) is 4.79 Å². The van der Waals surface area contributed by atoms with E-state index in [1.54, 1.807) is 27.5 Å². The standard InChI is InChI=1S/C16H24BN2O3/c1-10-8-12(17-22-16(4,5)15(2,3)21)9-18-13(10)19-14(20)11-6-7-11/h8-9,11,21H,6-7H2,1-5H3,(H,18,19,20). The maximum Gasteiger partial charge on any atom is 0.332 e. The lowest BCUT2D eigenvalue weighted by atomic mass is 9.83. The zero-order valence-electron chi connectivity index (χ0n) is 13.9. The zero-order chi connectivity index (χ0) is 16.5. The van der Waals surface area contributed by atoms with Crippen molar-refractivity contribution >= 4 is 24.7 Å². The summed E-state index contributed by atoms with van der Waals surface area (Å²) in [5.74, 6) is 0.797. The van der Waals surface area contributed by atoms with Crippen molar-refractivity contribution in [1.82, 2.24) is 4.98 Å². The summed E-state index contributed by atoms with van der Waals surface area (Å²) in [7, 11) is 1.59. The van der Waals surface area contributed by atoms with Crippen LogP contribution in [0.4, 0.5) is 5.82 Å². The van der Waals surface area contributed by atoms with Crippen molar-refractivity contribution < 1.29 is 14.6 Å². The van der Waals surface area contributed by atoms with Gasteiger partial charge in [-0.25, -0.2) is 4.98 Å². The van der Waals surface area contributed by atoms with E-state index >= 15 is 0 Å². The van der Waals surface area contributed by atoms with Crippen LogP contribution in [0.1, 0.15) is 46.1 Å². The molecule has 1 aromatic rings. The van der Waals surface area contributed by atoms with Crippen LogP contribution in [0.3, 0.4) is 0 Å². The molecule has 119 valence electrons. The largest absolute Gasteiger partial charge is 0.427 e. The van der Waals surface area contributed by atoms with Crippen molar-refractivity contribution in [2.75, 3.05) is 5.32 Å². The lowest BCUT2D eigenvalue weighted by molar-refractivity contribution is -0.117. The Balaban J connectivity index is 1.98. The van der Waals surface area contributed by atoms with E-state index in [9.17, 15) is 9.90 Å². The number of nitrogens with zero attached hydrogens (tertiary/aromatic N) is 1. The average Bonchev–Trinajstić information content (AvgIpc) is 3.22. The van der Waals surface area contributed by atoms with Crippen LogP contribution >= 0.6 is 0 Å².